The molecule has 1 aromatic carbocycles. The van der Waals surface area contributed by atoms with Crippen molar-refractivity contribution < 1.29 is 4.79 Å². The Morgan fingerprint density at radius 3 is 3.00 bits per heavy atom. The molecule has 0 radical (unpaired) electrons. The molecule has 0 aliphatic carbocycles. The Hall–Kier alpha value is -2.69. The molecular formula is C13H10N4O. The summed E-state index contributed by atoms with van der Waals surface area (Å²) in [5, 5.41) is 3.74. The Kier molecular flexibility index (Phi) is 2.49. The fraction of sp³-hybridized carbons (Fsp3) is 0. The van der Waals surface area contributed by atoms with Crippen LogP contribution in [0.4, 0.5) is 5.82 Å². The molecule has 2 aromatic heterocycles. The fourth-order valence-corrected chi connectivity index (χ4v) is 1.82. The van der Waals surface area contributed by atoms with Gasteiger partial charge in [-0.25, -0.2) is 9.97 Å². The number of carbonyl (C=O) groups is 1. The van der Waals surface area contributed by atoms with Crippen LogP contribution in [0.3, 0.4) is 0 Å². The van der Waals surface area contributed by atoms with Gasteiger partial charge >= 0.3 is 0 Å². The third-order valence-electron chi connectivity index (χ3n) is 2.66. The van der Waals surface area contributed by atoms with E-state index in [2.05, 4.69) is 20.3 Å². The van der Waals surface area contributed by atoms with Crippen LogP contribution < -0.4 is 5.32 Å². The first-order valence-corrected chi connectivity index (χ1v) is 5.48. The lowest BCUT2D eigenvalue weighted by Crippen LogP contribution is -2.13. The van der Waals surface area contributed by atoms with Gasteiger partial charge in [0.05, 0.1) is 11.1 Å². The van der Waals surface area contributed by atoms with Crippen molar-refractivity contribution in [1.82, 2.24) is 15.0 Å². The second kappa shape index (κ2) is 4.29. The predicted octanol–water partition coefficient (Wildman–Crippen LogP) is 2.21. The number of nitrogens with one attached hydrogen (secondary N) is 2. The number of rotatable bonds is 2. The molecule has 0 aliphatic heterocycles. The van der Waals surface area contributed by atoms with Crippen LogP contribution in [-0.2, 0) is 0 Å². The number of aromatic nitrogens is 3. The molecule has 1 amide bonds. The van der Waals surface area contributed by atoms with Crippen LogP contribution in [0.5, 0.6) is 0 Å². The number of aromatic amines is 1. The number of amides is 1. The molecule has 2 heterocycles. The van der Waals surface area contributed by atoms with Gasteiger partial charge in [0.2, 0.25) is 0 Å². The number of benzene rings is 1. The van der Waals surface area contributed by atoms with Crippen molar-refractivity contribution in [1.29, 1.82) is 0 Å². The Morgan fingerprint density at radius 1 is 1.22 bits per heavy atom. The smallest absolute Gasteiger partial charge is 0.258 e. The van der Waals surface area contributed by atoms with Crippen molar-refractivity contribution >= 4 is 22.6 Å². The highest BCUT2D eigenvalue weighted by Crippen LogP contribution is 2.17. The summed E-state index contributed by atoms with van der Waals surface area (Å²) in [5.41, 5.74) is 1.42. The number of hydrogen-bond donors (Lipinski definition) is 2. The number of fused-ring (bicyclic) bond motifs is 1. The minimum atomic E-state index is -0.193. The Labute approximate surface area is 103 Å². The van der Waals surface area contributed by atoms with E-state index in [1.165, 1.54) is 6.33 Å². The number of nitrogens with zero attached hydrogens (tertiary/aromatic N) is 2. The number of anilines is 1. The Balaban J connectivity index is 1.95. The number of carbonyl (C=O) groups excluding carboxylic acids is 1. The Morgan fingerprint density at radius 2 is 2.17 bits per heavy atom. The second-order valence-electron chi connectivity index (χ2n) is 3.80. The summed E-state index contributed by atoms with van der Waals surface area (Å²) in [6.07, 6.45) is 4.79. The summed E-state index contributed by atoms with van der Waals surface area (Å²) < 4.78 is 0. The number of H-pyrrole nitrogens is 1. The lowest BCUT2D eigenvalue weighted by Gasteiger charge is -2.04. The van der Waals surface area contributed by atoms with Crippen molar-refractivity contribution in [2.45, 2.75) is 0 Å². The van der Waals surface area contributed by atoms with Crippen LogP contribution in [0.1, 0.15) is 10.4 Å². The molecule has 5 heteroatoms. The van der Waals surface area contributed by atoms with Gasteiger partial charge in [-0.05, 0) is 18.2 Å². The third kappa shape index (κ3) is 1.82. The molecule has 0 fully saturated rings. The monoisotopic (exact) mass is 238 g/mol. The first-order valence-electron chi connectivity index (χ1n) is 5.48. The van der Waals surface area contributed by atoms with E-state index >= 15 is 0 Å². The van der Waals surface area contributed by atoms with Gasteiger partial charge < -0.3 is 10.3 Å². The predicted molar refractivity (Wildman–Crippen MR) is 68.3 cm³/mol. The summed E-state index contributed by atoms with van der Waals surface area (Å²) in [7, 11) is 0. The molecule has 3 aromatic rings. The highest BCUT2D eigenvalue weighted by atomic mass is 16.1. The summed E-state index contributed by atoms with van der Waals surface area (Å²) in [5.74, 6) is 0.292. The van der Waals surface area contributed by atoms with Crippen LogP contribution in [0.25, 0.3) is 10.9 Å². The maximum absolute atomic E-state index is 12.1. The summed E-state index contributed by atoms with van der Waals surface area (Å²) in [4.78, 5) is 23.0. The highest BCUT2D eigenvalue weighted by molar-refractivity contribution is 6.11. The van der Waals surface area contributed by atoms with Gasteiger partial charge in [-0.3, -0.25) is 4.79 Å². The third-order valence-corrected chi connectivity index (χ3v) is 2.66. The number of hydrogen-bond acceptors (Lipinski definition) is 3. The zero-order valence-electron chi connectivity index (χ0n) is 9.42. The number of para-hydroxylation sites is 1. The zero-order valence-corrected chi connectivity index (χ0v) is 9.42. The van der Waals surface area contributed by atoms with E-state index in [0.29, 0.717) is 11.4 Å². The molecule has 0 unspecified atom stereocenters. The van der Waals surface area contributed by atoms with Crippen molar-refractivity contribution in [3.63, 3.8) is 0 Å². The van der Waals surface area contributed by atoms with Crippen molar-refractivity contribution in [3.05, 3.63) is 54.6 Å². The van der Waals surface area contributed by atoms with Gasteiger partial charge in [0.25, 0.3) is 5.91 Å². The van der Waals surface area contributed by atoms with E-state index < -0.39 is 0 Å². The molecule has 88 valence electrons. The maximum Gasteiger partial charge on any atom is 0.258 e. The molecule has 0 bridgehead atoms. The largest absolute Gasteiger partial charge is 0.361 e. The van der Waals surface area contributed by atoms with Gasteiger partial charge in [0, 0.05) is 17.8 Å². The van der Waals surface area contributed by atoms with E-state index in [0.717, 1.165) is 10.9 Å². The van der Waals surface area contributed by atoms with Gasteiger partial charge in [-0.2, -0.15) is 0 Å². The molecular weight excluding hydrogens is 228 g/mol. The van der Waals surface area contributed by atoms with Gasteiger partial charge in [-0.15, -0.1) is 0 Å². The molecule has 0 spiro atoms. The minimum Gasteiger partial charge on any atom is -0.361 e. The van der Waals surface area contributed by atoms with Crippen LogP contribution in [0.15, 0.2) is 49.1 Å². The van der Waals surface area contributed by atoms with E-state index in [1.807, 2.05) is 24.4 Å². The molecule has 18 heavy (non-hydrogen) atoms. The molecule has 5 nitrogen and oxygen atoms in total. The van der Waals surface area contributed by atoms with E-state index in [9.17, 15) is 4.79 Å². The molecule has 0 saturated carbocycles. The van der Waals surface area contributed by atoms with Crippen LogP contribution in [0.2, 0.25) is 0 Å². The van der Waals surface area contributed by atoms with E-state index in [-0.39, 0.29) is 5.91 Å². The van der Waals surface area contributed by atoms with Crippen molar-refractivity contribution in [3.8, 4) is 0 Å². The molecule has 3 rings (SSSR count). The molecule has 0 atom stereocenters. The van der Waals surface area contributed by atoms with E-state index in [1.54, 1.807) is 18.3 Å². The summed E-state index contributed by atoms with van der Waals surface area (Å²) in [6, 6.07) is 9.15. The summed E-state index contributed by atoms with van der Waals surface area (Å²) >= 11 is 0. The van der Waals surface area contributed by atoms with Crippen LogP contribution in [-0.4, -0.2) is 20.9 Å². The van der Waals surface area contributed by atoms with E-state index in [4.69, 9.17) is 0 Å². The quantitative estimate of drug-likeness (QED) is 0.719. The second-order valence-corrected chi connectivity index (χ2v) is 3.80. The highest BCUT2D eigenvalue weighted by Gasteiger charge is 2.10. The molecule has 0 aliphatic rings. The molecule has 2 N–H and O–H groups in total. The van der Waals surface area contributed by atoms with Crippen molar-refractivity contribution in [2.24, 2.45) is 0 Å². The Bertz CT molecular complexity index is 690. The normalized spacial score (nSPS) is 10.4. The lowest BCUT2D eigenvalue weighted by atomic mass is 10.1. The average molecular weight is 238 g/mol. The van der Waals surface area contributed by atoms with Crippen LogP contribution >= 0.6 is 0 Å². The maximum atomic E-state index is 12.1. The minimum absolute atomic E-state index is 0.193. The molecule has 0 saturated heterocycles. The summed E-state index contributed by atoms with van der Waals surface area (Å²) in [6.45, 7) is 0. The zero-order chi connectivity index (χ0) is 12.4. The van der Waals surface area contributed by atoms with Gasteiger partial charge in [0.1, 0.15) is 12.1 Å². The lowest BCUT2D eigenvalue weighted by molar-refractivity contribution is 0.102. The van der Waals surface area contributed by atoms with Crippen molar-refractivity contribution in [2.75, 3.05) is 5.32 Å². The van der Waals surface area contributed by atoms with Gasteiger partial charge in [0.15, 0.2) is 0 Å². The first-order chi connectivity index (χ1) is 8.84. The average Bonchev–Trinajstić information content (AvgIpc) is 2.87. The standard InChI is InChI=1S/C13H10N4O/c18-13(17-11-5-6-14-8-16-11)10-3-1-2-9-4-7-15-12(9)10/h1-8,15H,(H,14,16,17,18). The van der Waals surface area contributed by atoms with Gasteiger partial charge in [-0.1, -0.05) is 12.1 Å². The van der Waals surface area contributed by atoms with Crippen LogP contribution in [0, 0.1) is 0 Å². The first kappa shape index (κ1) is 10.5. The SMILES string of the molecule is O=C(Nc1ccncn1)c1cccc2cc[nH]c12. The fourth-order valence-electron chi connectivity index (χ4n) is 1.82. The topological polar surface area (TPSA) is 70.7 Å².